The van der Waals surface area contributed by atoms with Crippen molar-refractivity contribution in [1.82, 2.24) is 0 Å². The number of carbonyl (C=O) groups is 2. The van der Waals surface area contributed by atoms with Crippen molar-refractivity contribution < 1.29 is 9.59 Å². The summed E-state index contributed by atoms with van der Waals surface area (Å²) >= 11 is 0. The molecule has 0 radical (unpaired) electrons. The first kappa shape index (κ1) is 33.9. The summed E-state index contributed by atoms with van der Waals surface area (Å²) in [4.78, 5) is 25.4. The Balaban J connectivity index is 0.000000162. The molecule has 46 heavy (non-hydrogen) atoms. The van der Waals surface area contributed by atoms with Crippen LogP contribution in [0.15, 0.2) is 61.8 Å². The molecule has 0 N–H and O–H groups in total. The van der Waals surface area contributed by atoms with Crippen LogP contribution in [0, 0.1) is 62.1 Å². The largest absolute Gasteiger partial charge is 0.294 e. The van der Waals surface area contributed by atoms with Gasteiger partial charge in [0.25, 0.3) is 0 Å². The third-order valence-corrected chi connectivity index (χ3v) is 16.4. The molecule has 0 aromatic heterocycles. The van der Waals surface area contributed by atoms with Crippen LogP contribution in [-0.2, 0) is 9.59 Å². The summed E-state index contributed by atoms with van der Waals surface area (Å²) in [5.74, 6) is 3.89. The van der Waals surface area contributed by atoms with Crippen molar-refractivity contribution >= 4 is 11.6 Å². The Morgan fingerprint density at radius 1 is 0.717 bits per heavy atom. The van der Waals surface area contributed by atoms with Crippen LogP contribution in [0.5, 0.6) is 0 Å². The van der Waals surface area contributed by atoms with E-state index in [2.05, 4.69) is 73.1 Å². The van der Waals surface area contributed by atoms with Gasteiger partial charge in [-0.15, -0.1) is 6.58 Å². The Morgan fingerprint density at radius 3 is 1.98 bits per heavy atom. The summed E-state index contributed by atoms with van der Waals surface area (Å²) in [5.41, 5.74) is 4.16. The minimum Gasteiger partial charge on any atom is -0.294 e. The number of hydrogen-bond donors (Lipinski definition) is 0. The topological polar surface area (TPSA) is 34.1 Å². The van der Waals surface area contributed by atoms with Gasteiger partial charge in [-0.25, -0.2) is 0 Å². The quantitative estimate of drug-likeness (QED) is 0.225. The third-order valence-electron chi connectivity index (χ3n) is 16.4. The zero-order chi connectivity index (χ0) is 33.3. The molecule has 0 aromatic carbocycles. The molecule has 6 saturated carbocycles. The molecule has 7 aliphatic rings. The second kappa shape index (κ2) is 11.6. The van der Waals surface area contributed by atoms with Gasteiger partial charge in [0.2, 0.25) is 0 Å². The number of fused-ring (bicyclic) bond motifs is 6. The highest BCUT2D eigenvalue weighted by atomic mass is 16.1. The smallest absolute Gasteiger partial charge is 0.161 e. The average molecular weight is 625 g/mol. The fourth-order valence-electron chi connectivity index (χ4n) is 14.0. The minimum atomic E-state index is -0.209. The van der Waals surface area contributed by atoms with Gasteiger partial charge in [-0.3, -0.25) is 9.59 Å². The summed E-state index contributed by atoms with van der Waals surface area (Å²) < 4.78 is 0. The van der Waals surface area contributed by atoms with Crippen molar-refractivity contribution in [3.8, 4) is 0 Å². The predicted octanol–water partition coefficient (Wildman–Crippen LogP) is 11.6. The second-order valence-corrected chi connectivity index (χ2v) is 18.7. The van der Waals surface area contributed by atoms with Gasteiger partial charge in [0.05, 0.1) is 0 Å². The summed E-state index contributed by atoms with van der Waals surface area (Å²) in [5, 5.41) is 0. The van der Waals surface area contributed by atoms with Crippen LogP contribution in [0.4, 0.5) is 0 Å². The van der Waals surface area contributed by atoms with Crippen molar-refractivity contribution in [2.45, 2.75) is 137 Å². The Morgan fingerprint density at radius 2 is 1.33 bits per heavy atom. The van der Waals surface area contributed by atoms with E-state index in [1.54, 1.807) is 17.7 Å². The van der Waals surface area contributed by atoms with Crippen molar-refractivity contribution in [1.29, 1.82) is 0 Å². The van der Waals surface area contributed by atoms with E-state index >= 15 is 0 Å². The van der Waals surface area contributed by atoms with E-state index in [-0.39, 0.29) is 27.4 Å². The van der Waals surface area contributed by atoms with E-state index < -0.39 is 0 Å². The molecule has 0 aromatic rings. The predicted molar refractivity (Wildman–Crippen MR) is 192 cm³/mol. The standard InChI is InChI=1S/2C22H32O/c1-5-19(23)21(4)11-6-10-20(3)17(21)9-12-22-13-15(2)16(14-22)7-8-18(20)22;1-6-19(23)22(5)13-8-12-21(4)17-11-14-20(3,7-2)15-16(17)9-10-18(21)22/h5,16-18H,1-2,6-14H2,3-4H3;6-7,11,16,18H,1-2,8-10,12-15H2,3-5H3/t16?,17?,18?,20-,21-,22-;16-,18-,20-,21-,22+/m10/s1. The molecule has 2 nitrogen and oxygen atoms in total. The van der Waals surface area contributed by atoms with E-state index in [1.807, 2.05) is 0 Å². The van der Waals surface area contributed by atoms with Gasteiger partial charge in [0.1, 0.15) is 0 Å². The monoisotopic (exact) mass is 624 g/mol. The number of allylic oxidation sites excluding steroid dienone is 6. The highest BCUT2D eigenvalue weighted by molar-refractivity contribution is 5.95. The molecule has 252 valence electrons. The van der Waals surface area contributed by atoms with Gasteiger partial charge in [-0.05, 0) is 153 Å². The highest BCUT2D eigenvalue weighted by Crippen LogP contribution is 2.72. The minimum absolute atomic E-state index is 0.164. The molecule has 0 amide bonds. The lowest BCUT2D eigenvalue weighted by atomic mass is 9.40. The van der Waals surface area contributed by atoms with Crippen molar-refractivity contribution in [3.63, 3.8) is 0 Å². The van der Waals surface area contributed by atoms with E-state index in [4.69, 9.17) is 0 Å². The molecule has 2 heteroatoms. The zero-order valence-corrected chi connectivity index (χ0v) is 30.2. The van der Waals surface area contributed by atoms with Crippen molar-refractivity contribution in [2.75, 3.05) is 0 Å². The first-order valence-electron chi connectivity index (χ1n) is 19.0. The number of rotatable bonds is 5. The summed E-state index contributed by atoms with van der Waals surface area (Å²) in [6, 6.07) is 0. The van der Waals surface area contributed by atoms with Gasteiger partial charge in [0, 0.05) is 10.8 Å². The molecule has 0 heterocycles. The van der Waals surface area contributed by atoms with Crippen LogP contribution in [0.2, 0.25) is 0 Å². The number of carbonyl (C=O) groups excluding carboxylic acids is 2. The van der Waals surface area contributed by atoms with Crippen LogP contribution >= 0.6 is 0 Å². The van der Waals surface area contributed by atoms with Gasteiger partial charge >= 0.3 is 0 Å². The summed E-state index contributed by atoms with van der Waals surface area (Å²) in [7, 11) is 0. The molecule has 3 unspecified atom stereocenters. The van der Waals surface area contributed by atoms with Gasteiger partial charge in [0.15, 0.2) is 11.6 Å². The number of ketones is 2. The maximum absolute atomic E-state index is 12.7. The normalized spacial score (nSPS) is 48.9. The first-order valence-corrected chi connectivity index (χ1v) is 19.0. The maximum Gasteiger partial charge on any atom is 0.161 e. The third kappa shape index (κ3) is 4.91. The molecule has 2 bridgehead atoms. The molecule has 11 atom stereocenters. The Labute approximate surface area is 281 Å². The number of hydrogen-bond acceptors (Lipinski definition) is 2. The Bertz CT molecular complexity index is 1350. The fraction of sp³-hybridized carbons (Fsp3) is 0.727. The molecule has 1 spiro atoms. The molecule has 7 aliphatic carbocycles. The molecule has 0 saturated heterocycles. The SMILES string of the molecule is C=CC(=O)[C@]1(C)CCC[C@@]2(C)C3=CC[C@](C)(C=C)C[C@@H]3CC[C@H]12.C=CC(=O)[C@]1(C)CCC[C@@]2(C)C3CCC4C[C@@]3(CCC21)CC4=C. The lowest BCUT2D eigenvalue weighted by molar-refractivity contribution is -0.162. The van der Waals surface area contributed by atoms with Crippen molar-refractivity contribution in [3.05, 3.63) is 61.8 Å². The first-order chi connectivity index (χ1) is 21.6. The van der Waals surface area contributed by atoms with Gasteiger partial charge in [-0.2, -0.15) is 0 Å². The van der Waals surface area contributed by atoms with Crippen LogP contribution in [0.1, 0.15) is 137 Å². The lowest BCUT2D eigenvalue weighted by Crippen LogP contribution is -2.58. The zero-order valence-electron chi connectivity index (χ0n) is 30.2. The summed E-state index contributed by atoms with van der Waals surface area (Å²) in [6.07, 6.45) is 27.6. The molecule has 6 fully saturated rings. The van der Waals surface area contributed by atoms with E-state index in [0.717, 1.165) is 37.5 Å². The van der Waals surface area contributed by atoms with E-state index in [0.29, 0.717) is 34.4 Å². The van der Waals surface area contributed by atoms with E-state index in [9.17, 15) is 9.59 Å². The highest BCUT2D eigenvalue weighted by Gasteiger charge is 2.64. The lowest BCUT2D eigenvalue weighted by Gasteiger charge is -2.63. The van der Waals surface area contributed by atoms with Gasteiger partial charge in [-0.1, -0.05) is 90.5 Å². The van der Waals surface area contributed by atoms with Gasteiger partial charge < -0.3 is 0 Å². The molecular weight excluding hydrogens is 560 g/mol. The van der Waals surface area contributed by atoms with Crippen LogP contribution in [0.3, 0.4) is 0 Å². The second-order valence-electron chi connectivity index (χ2n) is 18.7. The maximum atomic E-state index is 12.7. The molecule has 7 rings (SSSR count). The van der Waals surface area contributed by atoms with Crippen LogP contribution in [-0.4, -0.2) is 11.6 Å². The molecule has 0 aliphatic heterocycles. The van der Waals surface area contributed by atoms with Crippen LogP contribution < -0.4 is 0 Å². The average Bonchev–Trinajstić information content (AvgIpc) is 3.26. The fourth-order valence-corrected chi connectivity index (χ4v) is 14.0. The van der Waals surface area contributed by atoms with Crippen molar-refractivity contribution in [2.24, 2.45) is 62.1 Å². The Kier molecular flexibility index (Phi) is 8.54. The summed E-state index contributed by atoms with van der Waals surface area (Å²) in [6.45, 7) is 27.8. The van der Waals surface area contributed by atoms with Crippen LogP contribution in [0.25, 0.3) is 0 Å². The molecular formula is C44H64O2. The Hall–Kier alpha value is -1.96. The van der Waals surface area contributed by atoms with E-state index in [1.165, 1.54) is 82.6 Å².